The van der Waals surface area contributed by atoms with Gasteiger partial charge in [0, 0.05) is 24.3 Å². The lowest BCUT2D eigenvalue weighted by atomic mass is 9.48. The van der Waals surface area contributed by atoms with Gasteiger partial charge in [0.1, 0.15) is 11.8 Å². The predicted octanol–water partition coefficient (Wildman–Crippen LogP) is 2.99. The van der Waals surface area contributed by atoms with Crippen LogP contribution in [-0.4, -0.2) is 62.9 Å². The zero-order valence-corrected chi connectivity index (χ0v) is 21.0. The number of piperidine rings is 1. The van der Waals surface area contributed by atoms with E-state index in [1.807, 2.05) is 6.07 Å². The average molecular weight is 520 g/mol. The number of hydrogen-bond donors (Lipinski definition) is 3. The molecule has 3 N–H and O–H groups in total. The van der Waals surface area contributed by atoms with Crippen LogP contribution in [0, 0.1) is 5.92 Å². The molecule has 2 saturated carbocycles. The highest BCUT2D eigenvalue weighted by Gasteiger charge is 2.73. The Morgan fingerprint density at radius 3 is 2.74 bits per heavy atom. The van der Waals surface area contributed by atoms with Crippen molar-refractivity contribution in [3.05, 3.63) is 53.3 Å². The SMILES string of the molecule is Cl.Cl.O=C(N[C@@H]1CC[C@@]2(O)[C@H]3Cc4ccc(O)c5c4[C@@]2(CCN3CC2CC2)[C@H]1O5)c1ccccn1. The predicted molar refractivity (Wildman–Crippen MR) is 135 cm³/mol. The number of halogens is 2. The van der Waals surface area contributed by atoms with Crippen LogP contribution >= 0.6 is 24.8 Å². The van der Waals surface area contributed by atoms with Gasteiger partial charge in [-0.1, -0.05) is 12.1 Å². The summed E-state index contributed by atoms with van der Waals surface area (Å²) in [6, 6.07) is 8.78. The number of carbonyl (C=O) groups is 1. The first-order valence-electron chi connectivity index (χ1n) is 12.2. The van der Waals surface area contributed by atoms with Crippen molar-refractivity contribution >= 4 is 30.7 Å². The van der Waals surface area contributed by atoms with Gasteiger partial charge in [0.05, 0.1) is 17.1 Å². The second-order valence-corrected chi connectivity index (χ2v) is 10.6. The lowest BCUT2D eigenvalue weighted by molar-refractivity contribution is -0.191. The van der Waals surface area contributed by atoms with Gasteiger partial charge in [-0.3, -0.25) is 14.7 Å². The number of phenolic OH excluding ortho intramolecular Hbond substituents is 1. The first kappa shape index (κ1) is 24.6. The van der Waals surface area contributed by atoms with E-state index in [9.17, 15) is 15.0 Å². The van der Waals surface area contributed by atoms with Gasteiger partial charge in [0.2, 0.25) is 0 Å². The van der Waals surface area contributed by atoms with Gasteiger partial charge in [-0.15, -0.1) is 24.8 Å². The van der Waals surface area contributed by atoms with Crippen molar-refractivity contribution in [2.45, 2.75) is 67.7 Å². The molecule has 7 rings (SSSR count). The zero-order valence-electron chi connectivity index (χ0n) is 19.4. The van der Waals surface area contributed by atoms with Crippen LogP contribution in [0.25, 0.3) is 0 Å². The van der Waals surface area contributed by atoms with Crippen LogP contribution in [0.1, 0.15) is 53.7 Å². The number of carbonyl (C=O) groups excluding carboxylic acids is 1. The van der Waals surface area contributed by atoms with Crippen LogP contribution in [0.4, 0.5) is 0 Å². The largest absolute Gasteiger partial charge is 0.504 e. The maximum atomic E-state index is 13.0. The fourth-order valence-electron chi connectivity index (χ4n) is 7.37. The molecular weight excluding hydrogens is 489 g/mol. The van der Waals surface area contributed by atoms with Crippen molar-refractivity contribution in [1.82, 2.24) is 15.2 Å². The minimum absolute atomic E-state index is 0. The minimum Gasteiger partial charge on any atom is -0.504 e. The molecule has 3 heterocycles. The smallest absolute Gasteiger partial charge is 0.270 e. The van der Waals surface area contributed by atoms with E-state index in [1.54, 1.807) is 30.5 Å². The summed E-state index contributed by atoms with van der Waals surface area (Å²) in [5, 5.41) is 26.3. The number of benzene rings is 1. The molecule has 0 unspecified atom stereocenters. The Bertz CT molecular complexity index is 1150. The molecule has 35 heavy (non-hydrogen) atoms. The number of aromatic nitrogens is 1. The highest BCUT2D eigenvalue weighted by atomic mass is 35.5. The number of rotatable bonds is 4. The molecule has 1 aromatic heterocycles. The van der Waals surface area contributed by atoms with Gasteiger partial charge in [-0.25, -0.2) is 0 Å². The van der Waals surface area contributed by atoms with E-state index < -0.39 is 17.1 Å². The molecule has 5 aliphatic rings. The van der Waals surface area contributed by atoms with Gasteiger partial charge in [0.15, 0.2) is 11.5 Å². The summed E-state index contributed by atoms with van der Waals surface area (Å²) in [5.41, 5.74) is 0.949. The molecule has 2 aliphatic heterocycles. The topological polar surface area (TPSA) is 94.9 Å². The third-order valence-electron chi connectivity index (χ3n) is 8.98. The van der Waals surface area contributed by atoms with Crippen LogP contribution in [0.5, 0.6) is 11.5 Å². The number of pyridine rings is 1. The number of phenols is 1. The van der Waals surface area contributed by atoms with Crippen LogP contribution in [0.2, 0.25) is 0 Å². The molecule has 1 amide bonds. The van der Waals surface area contributed by atoms with Crippen molar-refractivity contribution in [1.29, 1.82) is 0 Å². The first-order chi connectivity index (χ1) is 16.0. The van der Waals surface area contributed by atoms with E-state index in [0.29, 0.717) is 24.3 Å². The summed E-state index contributed by atoms with van der Waals surface area (Å²) < 4.78 is 6.49. The number of aliphatic hydroxyl groups is 1. The molecule has 0 radical (unpaired) electrons. The quantitative estimate of drug-likeness (QED) is 0.574. The Morgan fingerprint density at radius 1 is 1.17 bits per heavy atom. The summed E-state index contributed by atoms with van der Waals surface area (Å²) in [5.74, 6) is 1.14. The molecule has 5 atom stereocenters. The van der Waals surface area contributed by atoms with Crippen LogP contribution < -0.4 is 10.1 Å². The molecule has 1 saturated heterocycles. The molecular formula is C26H31Cl2N3O4. The van der Waals surface area contributed by atoms with E-state index in [-0.39, 0.29) is 48.6 Å². The van der Waals surface area contributed by atoms with E-state index in [2.05, 4.69) is 15.2 Å². The average Bonchev–Trinajstić information content (AvgIpc) is 3.56. The lowest BCUT2D eigenvalue weighted by Crippen LogP contribution is -2.78. The van der Waals surface area contributed by atoms with Gasteiger partial charge >= 0.3 is 0 Å². The van der Waals surface area contributed by atoms with E-state index in [0.717, 1.165) is 43.0 Å². The third-order valence-corrected chi connectivity index (χ3v) is 8.98. The normalized spacial score (nSPS) is 34.0. The molecule has 188 valence electrons. The Morgan fingerprint density at radius 2 is 2.00 bits per heavy atom. The summed E-state index contributed by atoms with van der Waals surface area (Å²) in [4.78, 5) is 19.7. The van der Waals surface area contributed by atoms with E-state index >= 15 is 0 Å². The molecule has 9 heteroatoms. The fourth-order valence-corrected chi connectivity index (χ4v) is 7.37. The van der Waals surface area contributed by atoms with Crippen molar-refractivity contribution in [2.24, 2.45) is 5.92 Å². The van der Waals surface area contributed by atoms with Gasteiger partial charge in [-0.05, 0) is 74.8 Å². The number of amides is 1. The van der Waals surface area contributed by atoms with Crippen molar-refractivity contribution in [2.75, 3.05) is 13.1 Å². The number of nitrogens with zero attached hydrogens (tertiary/aromatic N) is 2. The van der Waals surface area contributed by atoms with E-state index in [1.165, 1.54) is 12.8 Å². The number of aromatic hydroxyl groups is 1. The van der Waals surface area contributed by atoms with Crippen molar-refractivity contribution < 1.29 is 19.7 Å². The standard InChI is InChI=1S/C26H29N3O4.2ClH/c30-19-7-6-16-13-20-26(32)9-8-17(28-24(31)18-3-1-2-11-27-18)23-25(26,21(16)22(19)33-23)10-12-29(20)14-15-4-5-15;;/h1-3,6-7,11,15,17,20,23,30,32H,4-5,8-10,12-14H2,(H,28,31);2*1H/t17-,20-,23+,25+,26-;;/m1../s1. The molecule has 7 nitrogen and oxygen atoms in total. The van der Waals surface area contributed by atoms with Gasteiger partial charge < -0.3 is 20.3 Å². The lowest BCUT2D eigenvalue weighted by Gasteiger charge is -2.64. The Hall–Kier alpha value is -2.06. The maximum Gasteiger partial charge on any atom is 0.270 e. The number of hydrogen-bond acceptors (Lipinski definition) is 6. The van der Waals surface area contributed by atoms with Crippen LogP contribution in [0.3, 0.4) is 0 Å². The van der Waals surface area contributed by atoms with Crippen molar-refractivity contribution in [3.63, 3.8) is 0 Å². The Labute approximate surface area is 217 Å². The summed E-state index contributed by atoms with van der Waals surface area (Å²) in [6.45, 7) is 1.95. The number of nitrogens with one attached hydrogen (secondary N) is 1. The molecule has 1 spiro atoms. The number of ether oxygens (including phenoxy) is 1. The summed E-state index contributed by atoms with van der Waals surface area (Å²) in [7, 11) is 0. The fraction of sp³-hybridized carbons (Fsp3) is 0.538. The van der Waals surface area contributed by atoms with Crippen molar-refractivity contribution in [3.8, 4) is 11.5 Å². The maximum absolute atomic E-state index is 13.0. The molecule has 1 aromatic carbocycles. The summed E-state index contributed by atoms with van der Waals surface area (Å²) >= 11 is 0. The van der Waals surface area contributed by atoms with Crippen LogP contribution in [0.15, 0.2) is 36.5 Å². The molecule has 3 fully saturated rings. The minimum atomic E-state index is -0.941. The highest BCUT2D eigenvalue weighted by Crippen LogP contribution is 2.65. The second kappa shape index (κ2) is 8.51. The molecule has 3 aliphatic carbocycles. The zero-order chi connectivity index (χ0) is 22.4. The van der Waals surface area contributed by atoms with Gasteiger partial charge in [-0.2, -0.15) is 0 Å². The Balaban J connectivity index is 0.00000127. The molecule has 2 aromatic rings. The first-order valence-corrected chi connectivity index (χ1v) is 12.2. The van der Waals surface area contributed by atoms with Crippen LogP contribution in [-0.2, 0) is 11.8 Å². The monoisotopic (exact) mass is 519 g/mol. The highest BCUT2D eigenvalue weighted by molar-refractivity contribution is 5.92. The third kappa shape index (κ3) is 3.31. The Kier molecular flexibility index (Phi) is 5.99. The second-order valence-electron chi connectivity index (χ2n) is 10.6. The van der Waals surface area contributed by atoms with Gasteiger partial charge in [0.25, 0.3) is 5.91 Å². The summed E-state index contributed by atoms with van der Waals surface area (Å²) in [6.07, 6.45) is 6.52. The number of likely N-dealkylation sites (tertiary alicyclic amines) is 1. The van der Waals surface area contributed by atoms with E-state index in [4.69, 9.17) is 4.74 Å². The molecule has 2 bridgehead atoms.